The Bertz CT molecular complexity index is 861. The van der Waals surface area contributed by atoms with Crippen LogP contribution < -0.4 is 5.32 Å². The second-order valence-corrected chi connectivity index (χ2v) is 7.96. The van der Waals surface area contributed by atoms with E-state index in [0.717, 1.165) is 36.8 Å². The van der Waals surface area contributed by atoms with Gasteiger partial charge in [0.15, 0.2) is 5.82 Å². The lowest BCUT2D eigenvalue weighted by molar-refractivity contribution is -0.132. The molecule has 28 heavy (non-hydrogen) atoms. The van der Waals surface area contributed by atoms with Gasteiger partial charge in [0.2, 0.25) is 5.91 Å². The highest BCUT2D eigenvalue weighted by molar-refractivity contribution is 8.14. The summed E-state index contributed by atoms with van der Waals surface area (Å²) in [6, 6.07) is -0.404. The molecule has 2 amide bonds. The van der Waals surface area contributed by atoms with Gasteiger partial charge in [-0.1, -0.05) is 22.1 Å². The summed E-state index contributed by atoms with van der Waals surface area (Å²) in [7, 11) is 0. The van der Waals surface area contributed by atoms with Crippen LogP contribution in [0.1, 0.15) is 23.7 Å². The van der Waals surface area contributed by atoms with E-state index < -0.39 is 6.04 Å². The van der Waals surface area contributed by atoms with Crippen LogP contribution in [-0.4, -0.2) is 74.2 Å². The zero-order chi connectivity index (χ0) is 19.7. The van der Waals surface area contributed by atoms with Crippen LogP contribution in [0.2, 0.25) is 0 Å². The monoisotopic (exact) mass is 406 g/mol. The van der Waals surface area contributed by atoms with Gasteiger partial charge >= 0.3 is 0 Å². The number of rotatable bonds is 4. The number of amides is 2. The fourth-order valence-corrected chi connectivity index (χ4v) is 4.27. The predicted molar refractivity (Wildman–Crippen MR) is 101 cm³/mol. The van der Waals surface area contributed by atoms with E-state index in [9.17, 15) is 9.59 Å². The number of nitrogens with one attached hydrogen (secondary N) is 1. The van der Waals surface area contributed by atoms with Gasteiger partial charge in [-0.2, -0.15) is 4.98 Å². The predicted octanol–water partition coefficient (Wildman–Crippen LogP) is 1.20. The van der Waals surface area contributed by atoms with Gasteiger partial charge in [0.25, 0.3) is 11.1 Å². The quantitative estimate of drug-likeness (QED) is 0.799. The molecule has 11 heteroatoms. The highest BCUT2D eigenvalue weighted by Gasteiger charge is 2.32. The zero-order valence-corrected chi connectivity index (χ0v) is 16.6. The third-order valence-corrected chi connectivity index (χ3v) is 5.83. The number of carbonyl (C=O) groups excluding carboxylic acids is 2. The summed E-state index contributed by atoms with van der Waals surface area (Å²) in [4.78, 5) is 32.4. The molecular formula is C17H22N6O4S. The summed E-state index contributed by atoms with van der Waals surface area (Å²) in [6.07, 6.45) is 0.855. The smallest absolute Gasteiger partial charge is 0.279 e. The van der Waals surface area contributed by atoms with E-state index >= 15 is 0 Å². The Kier molecular flexibility index (Phi) is 5.36. The first-order valence-corrected chi connectivity index (χ1v) is 10.2. The Labute approximate surface area is 166 Å². The Morgan fingerprint density at radius 2 is 2.07 bits per heavy atom. The van der Waals surface area contributed by atoms with Crippen LogP contribution in [0.4, 0.5) is 4.79 Å². The maximum absolute atomic E-state index is 12.6. The van der Waals surface area contributed by atoms with Gasteiger partial charge in [-0.05, 0) is 20.3 Å². The topological polar surface area (TPSA) is 118 Å². The summed E-state index contributed by atoms with van der Waals surface area (Å²) in [6.45, 7) is 7.05. The van der Waals surface area contributed by atoms with E-state index in [1.54, 1.807) is 0 Å². The SMILES string of the molecule is Cc1noc(C)c1-c1nc(CN2CCCN(C(=O)C3CSC(=O)N3)CC2)no1. The van der Waals surface area contributed by atoms with Crippen molar-refractivity contribution < 1.29 is 18.6 Å². The first-order valence-electron chi connectivity index (χ1n) is 9.21. The molecule has 2 aliphatic heterocycles. The summed E-state index contributed by atoms with van der Waals surface area (Å²) in [5, 5.41) is 10.6. The second-order valence-electron chi connectivity index (χ2n) is 6.97. The highest BCUT2D eigenvalue weighted by atomic mass is 32.2. The molecule has 1 unspecified atom stereocenters. The lowest BCUT2D eigenvalue weighted by Gasteiger charge is -2.23. The Hall–Kier alpha value is -2.40. The van der Waals surface area contributed by atoms with Gasteiger partial charge in [-0.15, -0.1) is 0 Å². The van der Waals surface area contributed by atoms with Crippen LogP contribution >= 0.6 is 11.8 Å². The average Bonchev–Trinajstić information content (AvgIpc) is 3.33. The molecule has 0 spiro atoms. The molecule has 2 fully saturated rings. The van der Waals surface area contributed by atoms with E-state index in [4.69, 9.17) is 9.05 Å². The summed E-state index contributed by atoms with van der Waals surface area (Å²) in [5.74, 6) is 2.15. The Balaban J connectivity index is 1.35. The van der Waals surface area contributed by atoms with Crippen LogP contribution in [0.25, 0.3) is 11.5 Å². The summed E-state index contributed by atoms with van der Waals surface area (Å²) < 4.78 is 10.5. The van der Waals surface area contributed by atoms with E-state index in [-0.39, 0.29) is 11.1 Å². The van der Waals surface area contributed by atoms with Gasteiger partial charge in [-0.3, -0.25) is 14.5 Å². The highest BCUT2D eigenvalue weighted by Crippen LogP contribution is 2.25. The van der Waals surface area contributed by atoms with Crippen molar-refractivity contribution in [1.29, 1.82) is 0 Å². The molecule has 0 saturated carbocycles. The second kappa shape index (κ2) is 7.92. The molecule has 2 saturated heterocycles. The molecule has 0 aromatic carbocycles. The summed E-state index contributed by atoms with van der Waals surface area (Å²) >= 11 is 1.16. The Morgan fingerprint density at radius 3 is 2.79 bits per heavy atom. The van der Waals surface area contributed by atoms with Crippen molar-refractivity contribution in [2.45, 2.75) is 32.9 Å². The van der Waals surface area contributed by atoms with Crippen LogP contribution in [0.15, 0.2) is 9.05 Å². The first-order chi connectivity index (χ1) is 13.5. The molecular weight excluding hydrogens is 384 g/mol. The fourth-order valence-electron chi connectivity index (χ4n) is 3.50. The van der Waals surface area contributed by atoms with Gasteiger partial charge in [0.1, 0.15) is 17.4 Å². The molecule has 150 valence electrons. The minimum absolute atomic E-state index is 0.000422. The number of hydrogen-bond donors (Lipinski definition) is 1. The molecule has 1 N–H and O–H groups in total. The van der Waals surface area contributed by atoms with E-state index in [1.165, 1.54) is 0 Å². The maximum atomic E-state index is 12.6. The maximum Gasteiger partial charge on any atom is 0.279 e. The van der Waals surface area contributed by atoms with E-state index in [1.807, 2.05) is 18.7 Å². The Morgan fingerprint density at radius 1 is 1.21 bits per heavy atom. The van der Waals surface area contributed by atoms with Crippen molar-refractivity contribution in [1.82, 2.24) is 30.4 Å². The standard InChI is InChI=1S/C17H22N6O4S/c1-10-14(11(2)26-20-10)15-19-13(21-27-15)8-22-4-3-5-23(7-6-22)16(24)12-9-28-17(25)18-12/h12H,3-9H2,1-2H3,(H,18,25). The number of aryl methyl sites for hydroxylation is 2. The molecule has 0 radical (unpaired) electrons. The minimum atomic E-state index is -0.404. The van der Waals surface area contributed by atoms with Crippen molar-refractivity contribution in [2.75, 3.05) is 31.9 Å². The molecule has 1 atom stereocenters. The third kappa shape index (κ3) is 3.90. The molecule has 2 aromatic heterocycles. The largest absolute Gasteiger partial charge is 0.361 e. The number of carbonyl (C=O) groups is 2. The van der Waals surface area contributed by atoms with Gasteiger partial charge in [0.05, 0.1) is 12.2 Å². The molecule has 0 bridgehead atoms. The number of hydrogen-bond acceptors (Lipinski definition) is 9. The third-order valence-electron chi connectivity index (χ3n) is 4.95. The normalized spacial score (nSPS) is 21.0. The van der Waals surface area contributed by atoms with Crippen molar-refractivity contribution in [3.8, 4) is 11.5 Å². The number of aromatic nitrogens is 3. The molecule has 2 aromatic rings. The van der Waals surface area contributed by atoms with Crippen LogP contribution in [0.5, 0.6) is 0 Å². The minimum Gasteiger partial charge on any atom is -0.361 e. The molecule has 10 nitrogen and oxygen atoms in total. The molecule has 4 heterocycles. The van der Waals surface area contributed by atoms with Crippen molar-refractivity contribution >= 4 is 22.9 Å². The van der Waals surface area contributed by atoms with Crippen LogP contribution in [-0.2, 0) is 11.3 Å². The fraction of sp³-hybridized carbons (Fsp3) is 0.588. The lowest BCUT2D eigenvalue weighted by Crippen LogP contribution is -2.46. The average molecular weight is 406 g/mol. The number of nitrogens with zero attached hydrogens (tertiary/aromatic N) is 5. The van der Waals surface area contributed by atoms with Gasteiger partial charge < -0.3 is 19.3 Å². The summed E-state index contributed by atoms with van der Waals surface area (Å²) in [5.41, 5.74) is 1.46. The molecule has 2 aliphatic rings. The van der Waals surface area contributed by atoms with Crippen molar-refractivity contribution in [2.24, 2.45) is 0 Å². The van der Waals surface area contributed by atoms with Gasteiger partial charge in [0, 0.05) is 31.9 Å². The molecule has 4 rings (SSSR count). The lowest BCUT2D eigenvalue weighted by atomic mass is 10.2. The molecule has 0 aliphatic carbocycles. The van der Waals surface area contributed by atoms with Crippen LogP contribution in [0, 0.1) is 13.8 Å². The van der Waals surface area contributed by atoms with Crippen molar-refractivity contribution in [3.63, 3.8) is 0 Å². The van der Waals surface area contributed by atoms with E-state index in [2.05, 4.69) is 25.5 Å². The first kappa shape index (κ1) is 18.9. The number of thioether (sulfide) groups is 1. The van der Waals surface area contributed by atoms with Crippen LogP contribution in [0.3, 0.4) is 0 Å². The van der Waals surface area contributed by atoms with Gasteiger partial charge in [-0.25, -0.2) is 0 Å². The zero-order valence-electron chi connectivity index (χ0n) is 15.8. The van der Waals surface area contributed by atoms with E-state index in [0.29, 0.717) is 48.6 Å². The van der Waals surface area contributed by atoms with Crippen molar-refractivity contribution in [3.05, 3.63) is 17.3 Å².